The summed E-state index contributed by atoms with van der Waals surface area (Å²) < 4.78 is 19.0. The van der Waals surface area contributed by atoms with Crippen LogP contribution in [0, 0.1) is 17.1 Å². The lowest BCUT2D eigenvalue weighted by Gasteiger charge is -2.10. The van der Waals surface area contributed by atoms with Crippen molar-refractivity contribution in [3.05, 3.63) is 101 Å². The van der Waals surface area contributed by atoms with Crippen molar-refractivity contribution in [2.75, 3.05) is 0 Å². The van der Waals surface area contributed by atoms with Gasteiger partial charge < -0.3 is 4.74 Å². The Morgan fingerprint density at radius 1 is 0.920 bits per heavy atom. The van der Waals surface area contributed by atoms with Gasteiger partial charge in [0.2, 0.25) is 0 Å². The van der Waals surface area contributed by atoms with E-state index < -0.39 is 0 Å². The number of hydrogen-bond acceptors (Lipinski definition) is 2. The van der Waals surface area contributed by atoms with Gasteiger partial charge in [0.15, 0.2) is 0 Å². The van der Waals surface area contributed by atoms with E-state index in [2.05, 4.69) is 6.07 Å². The number of nitriles is 1. The highest BCUT2D eigenvalue weighted by Gasteiger charge is 2.06. The minimum Gasteiger partial charge on any atom is -0.488 e. The molecule has 0 heterocycles. The molecule has 0 aliphatic carbocycles. The molecule has 0 unspecified atom stereocenters. The van der Waals surface area contributed by atoms with Gasteiger partial charge in [-0.15, -0.1) is 0 Å². The van der Waals surface area contributed by atoms with Crippen molar-refractivity contribution < 1.29 is 9.13 Å². The summed E-state index contributed by atoms with van der Waals surface area (Å²) in [6.45, 7) is 0.449. The average Bonchev–Trinajstić information content (AvgIpc) is 2.67. The Kier molecular flexibility index (Phi) is 5.23. The first-order valence-corrected chi connectivity index (χ1v) is 7.90. The second-order valence-electron chi connectivity index (χ2n) is 5.49. The van der Waals surface area contributed by atoms with E-state index >= 15 is 0 Å². The summed E-state index contributed by atoms with van der Waals surface area (Å²) in [6, 6.07) is 25.5. The van der Waals surface area contributed by atoms with E-state index in [9.17, 15) is 9.65 Å². The number of benzene rings is 3. The molecule has 0 amide bonds. The standard InChI is InChI=1S/C22H16FNO/c23-21-12-10-18(11-13-21)20(15-24)14-19-8-4-5-9-22(19)25-16-17-6-2-1-3-7-17/h1-14H,16H2/b20-14-. The van der Waals surface area contributed by atoms with Crippen LogP contribution in [0.5, 0.6) is 5.75 Å². The molecule has 0 N–H and O–H groups in total. The van der Waals surface area contributed by atoms with Crippen LogP contribution in [0.2, 0.25) is 0 Å². The fraction of sp³-hybridized carbons (Fsp3) is 0.0455. The highest BCUT2D eigenvalue weighted by molar-refractivity contribution is 5.90. The number of halogens is 1. The van der Waals surface area contributed by atoms with Gasteiger partial charge in [-0.2, -0.15) is 5.26 Å². The van der Waals surface area contributed by atoms with Crippen LogP contribution in [0.4, 0.5) is 4.39 Å². The number of hydrogen-bond donors (Lipinski definition) is 0. The molecule has 0 aliphatic rings. The molecule has 25 heavy (non-hydrogen) atoms. The highest BCUT2D eigenvalue weighted by Crippen LogP contribution is 2.25. The van der Waals surface area contributed by atoms with Gasteiger partial charge in [-0.05, 0) is 35.4 Å². The first-order chi connectivity index (χ1) is 12.3. The zero-order chi connectivity index (χ0) is 17.5. The zero-order valence-electron chi connectivity index (χ0n) is 13.5. The van der Waals surface area contributed by atoms with Crippen molar-refractivity contribution in [3.63, 3.8) is 0 Å². The lowest BCUT2D eigenvalue weighted by molar-refractivity contribution is 0.305. The van der Waals surface area contributed by atoms with Gasteiger partial charge in [0.05, 0.1) is 11.6 Å². The van der Waals surface area contributed by atoms with Crippen LogP contribution in [0.25, 0.3) is 11.6 Å². The normalized spacial score (nSPS) is 11.0. The molecule has 3 heteroatoms. The largest absolute Gasteiger partial charge is 0.488 e. The Labute approximate surface area is 146 Å². The highest BCUT2D eigenvalue weighted by atomic mass is 19.1. The van der Waals surface area contributed by atoms with E-state index in [1.807, 2.05) is 54.6 Å². The number of ether oxygens (including phenoxy) is 1. The molecule has 0 atom stereocenters. The van der Waals surface area contributed by atoms with E-state index in [-0.39, 0.29) is 5.82 Å². The molecule has 0 spiro atoms. The first-order valence-electron chi connectivity index (χ1n) is 7.90. The third kappa shape index (κ3) is 4.33. The topological polar surface area (TPSA) is 33.0 Å². The minimum atomic E-state index is -0.326. The minimum absolute atomic E-state index is 0.326. The third-order valence-electron chi connectivity index (χ3n) is 3.73. The van der Waals surface area contributed by atoms with Gasteiger partial charge in [-0.1, -0.05) is 60.7 Å². The van der Waals surface area contributed by atoms with Crippen LogP contribution in [-0.4, -0.2) is 0 Å². The number of para-hydroxylation sites is 1. The van der Waals surface area contributed by atoms with Gasteiger partial charge in [0, 0.05) is 5.56 Å². The maximum Gasteiger partial charge on any atom is 0.127 e. The van der Waals surface area contributed by atoms with E-state index in [0.717, 1.165) is 11.1 Å². The second kappa shape index (κ2) is 7.94. The summed E-state index contributed by atoms with van der Waals surface area (Å²) >= 11 is 0. The van der Waals surface area contributed by atoms with Gasteiger partial charge >= 0.3 is 0 Å². The average molecular weight is 329 g/mol. The Balaban J connectivity index is 1.86. The van der Waals surface area contributed by atoms with Gasteiger partial charge in [-0.3, -0.25) is 0 Å². The zero-order valence-corrected chi connectivity index (χ0v) is 13.5. The molecule has 0 fully saturated rings. The molecule has 3 rings (SSSR count). The van der Waals surface area contributed by atoms with Crippen molar-refractivity contribution in [2.45, 2.75) is 6.61 Å². The van der Waals surface area contributed by atoms with Crippen molar-refractivity contribution in [1.82, 2.24) is 0 Å². The van der Waals surface area contributed by atoms with E-state index in [4.69, 9.17) is 4.74 Å². The van der Waals surface area contributed by atoms with Crippen LogP contribution >= 0.6 is 0 Å². The fourth-order valence-electron chi connectivity index (χ4n) is 2.43. The van der Waals surface area contributed by atoms with Gasteiger partial charge in [0.25, 0.3) is 0 Å². The second-order valence-corrected chi connectivity index (χ2v) is 5.49. The van der Waals surface area contributed by atoms with Crippen molar-refractivity contribution in [2.24, 2.45) is 0 Å². The summed E-state index contributed by atoms with van der Waals surface area (Å²) in [5, 5.41) is 9.46. The van der Waals surface area contributed by atoms with Crippen LogP contribution in [-0.2, 0) is 6.61 Å². The first kappa shape index (κ1) is 16.5. The SMILES string of the molecule is N#C/C(=C/c1ccccc1OCc1ccccc1)c1ccc(F)cc1. The van der Waals surface area contributed by atoms with Crippen LogP contribution in [0.3, 0.4) is 0 Å². The predicted octanol–water partition coefficient (Wildman–Crippen LogP) is 5.47. The van der Waals surface area contributed by atoms with Crippen LogP contribution < -0.4 is 4.74 Å². The smallest absolute Gasteiger partial charge is 0.127 e. The Morgan fingerprint density at radius 3 is 2.32 bits per heavy atom. The van der Waals surface area contributed by atoms with Crippen molar-refractivity contribution >= 4 is 11.6 Å². The molecule has 0 saturated heterocycles. The Hall–Kier alpha value is -3.38. The summed E-state index contributed by atoms with van der Waals surface area (Å²) in [4.78, 5) is 0. The van der Waals surface area contributed by atoms with Crippen molar-refractivity contribution in [1.29, 1.82) is 5.26 Å². The van der Waals surface area contributed by atoms with Crippen molar-refractivity contribution in [3.8, 4) is 11.8 Å². The van der Waals surface area contributed by atoms with Gasteiger partial charge in [-0.25, -0.2) is 4.39 Å². The molecule has 0 radical (unpaired) electrons. The molecule has 0 aliphatic heterocycles. The molecular formula is C22H16FNO. The molecule has 0 aromatic heterocycles. The number of nitrogens with zero attached hydrogens (tertiary/aromatic N) is 1. The summed E-state index contributed by atoms with van der Waals surface area (Å²) in [5.41, 5.74) is 3.00. The van der Waals surface area contributed by atoms with Crippen LogP contribution in [0.1, 0.15) is 16.7 Å². The molecule has 3 aromatic carbocycles. The molecule has 0 saturated carbocycles. The molecular weight excluding hydrogens is 313 g/mol. The predicted molar refractivity (Wildman–Crippen MR) is 97.1 cm³/mol. The molecule has 3 aromatic rings. The molecule has 122 valence electrons. The molecule has 2 nitrogen and oxygen atoms in total. The summed E-state index contributed by atoms with van der Waals surface area (Å²) in [5.74, 6) is 0.369. The summed E-state index contributed by atoms with van der Waals surface area (Å²) in [7, 11) is 0. The fourth-order valence-corrected chi connectivity index (χ4v) is 2.43. The summed E-state index contributed by atoms with van der Waals surface area (Å²) in [6.07, 6.45) is 1.76. The Bertz CT molecular complexity index is 909. The van der Waals surface area contributed by atoms with E-state index in [0.29, 0.717) is 23.5 Å². The quantitative estimate of drug-likeness (QED) is 0.459. The van der Waals surface area contributed by atoms with E-state index in [1.54, 1.807) is 18.2 Å². The third-order valence-corrected chi connectivity index (χ3v) is 3.73. The number of rotatable bonds is 5. The maximum atomic E-state index is 13.1. The lowest BCUT2D eigenvalue weighted by Crippen LogP contribution is -1.96. The van der Waals surface area contributed by atoms with Gasteiger partial charge in [0.1, 0.15) is 18.2 Å². The monoisotopic (exact) mass is 329 g/mol. The Morgan fingerprint density at radius 2 is 1.60 bits per heavy atom. The number of allylic oxidation sites excluding steroid dienone is 1. The molecule has 0 bridgehead atoms. The van der Waals surface area contributed by atoms with Crippen LogP contribution in [0.15, 0.2) is 78.9 Å². The van der Waals surface area contributed by atoms with E-state index in [1.165, 1.54) is 12.1 Å². The lowest BCUT2D eigenvalue weighted by atomic mass is 10.0. The maximum absolute atomic E-state index is 13.1.